The molecule has 5 nitrogen and oxygen atoms in total. The molecule has 0 aliphatic carbocycles. The van der Waals surface area contributed by atoms with Crippen molar-refractivity contribution >= 4 is 23.2 Å². The minimum Gasteiger partial charge on any atom is -0.444 e. The number of thiophene rings is 1. The molecule has 6 heteroatoms. The van der Waals surface area contributed by atoms with Crippen molar-refractivity contribution in [3.8, 4) is 0 Å². The largest absolute Gasteiger partial charge is 0.444 e. The van der Waals surface area contributed by atoms with E-state index < -0.39 is 17.9 Å². The molecule has 25 heavy (non-hydrogen) atoms. The molecule has 0 radical (unpaired) electrons. The lowest BCUT2D eigenvalue weighted by atomic mass is 9.96. The van der Waals surface area contributed by atoms with Crippen LogP contribution in [0.5, 0.6) is 0 Å². The van der Waals surface area contributed by atoms with Crippen molar-refractivity contribution in [2.24, 2.45) is 5.73 Å². The lowest BCUT2D eigenvalue weighted by molar-refractivity contribution is 0.0152. The van der Waals surface area contributed by atoms with E-state index >= 15 is 0 Å². The van der Waals surface area contributed by atoms with Gasteiger partial charge < -0.3 is 10.5 Å². The number of nitrogens with two attached hydrogens (primary N) is 1. The fourth-order valence-corrected chi connectivity index (χ4v) is 3.99. The highest BCUT2D eigenvalue weighted by molar-refractivity contribution is 7.10. The molecule has 0 saturated heterocycles. The maximum absolute atomic E-state index is 12.7. The number of ether oxygens (including phenoxy) is 1. The summed E-state index contributed by atoms with van der Waals surface area (Å²) in [7, 11) is 0. The van der Waals surface area contributed by atoms with Gasteiger partial charge in [-0.3, -0.25) is 9.69 Å². The quantitative estimate of drug-likeness (QED) is 0.830. The molecule has 0 fully saturated rings. The first-order chi connectivity index (χ1) is 11.8. The molecule has 0 saturated carbocycles. The van der Waals surface area contributed by atoms with Crippen LogP contribution in [0.4, 0.5) is 4.79 Å². The number of carbonyl (C=O) groups is 2. The van der Waals surface area contributed by atoms with Crippen LogP contribution in [-0.4, -0.2) is 28.9 Å². The van der Waals surface area contributed by atoms with Crippen LogP contribution in [0.1, 0.15) is 53.3 Å². The molecular weight excluding hydrogens is 336 g/mol. The average molecular weight is 358 g/mol. The topological polar surface area (TPSA) is 72.6 Å². The first kappa shape index (κ1) is 17.6. The normalized spacial score (nSPS) is 17.1. The smallest absolute Gasteiger partial charge is 0.411 e. The summed E-state index contributed by atoms with van der Waals surface area (Å²) in [6, 6.07) is 9.20. The van der Waals surface area contributed by atoms with Gasteiger partial charge in [-0.25, -0.2) is 4.79 Å². The van der Waals surface area contributed by atoms with Gasteiger partial charge in [0.15, 0.2) is 5.78 Å². The van der Waals surface area contributed by atoms with Gasteiger partial charge in [-0.2, -0.15) is 0 Å². The van der Waals surface area contributed by atoms with Crippen LogP contribution >= 0.6 is 11.3 Å². The van der Waals surface area contributed by atoms with Crippen molar-refractivity contribution in [3.63, 3.8) is 0 Å². The van der Waals surface area contributed by atoms with E-state index in [-0.39, 0.29) is 5.78 Å². The van der Waals surface area contributed by atoms with E-state index in [1.54, 1.807) is 0 Å². The number of rotatable bonds is 2. The third-order valence-corrected chi connectivity index (χ3v) is 5.14. The van der Waals surface area contributed by atoms with Crippen molar-refractivity contribution in [2.45, 2.75) is 39.0 Å². The Morgan fingerprint density at radius 2 is 1.92 bits per heavy atom. The van der Waals surface area contributed by atoms with Crippen LogP contribution in [0.15, 0.2) is 35.7 Å². The van der Waals surface area contributed by atoms with Crippen LogP contribution < -0.4 is 5.73 Å². The Hall–Kier alpha value is -2.18. The fourth-order valence-electron chi connectivity index (χ4n) is 2.88. The zero-order valence-electron chi connectivity index (χ0n) is 14.6. The number of benzene rings is 1. The van der Waals surface area contributed by atoms with E-state index in [1.165, 1.54) is 16.2 Å². The average Bonchev–Trinajstić information content (AvgIpc) is 2.98. The monoisotopic (exact) mass is 358 g/mol. The summed E-state index contributed by atoms with van der Waals surface area (Å²) < 4.78 is 5.43. The summed E-state index contributed by atoms with van der Waals surface area (Å²) in [5.41, 5.74) is 8.01. The second-order valence-electron chi connectivity index (χ2n) is 7.06. The fraction of sp³-hybridized carbons (Fsp3) is 0.368. The molecule has 0 spiro atoms. The van der Waals surface area contributed by atoms with E-state index in [9.17, 15) is 9.59 Å². The van der Waals surface area contributed by atoms with Crippen molar-refractivity contribution in [2.75, 3.05) is 6.54 Å². The highest BCUT2D eigenvalue weighted by Gasteiger charge is 2.34. The molecule has 0 bridgehead atoms. The standard InChI is InChI=1S/C19H22N2O3S/c1-19(2,3)24-18(23)21-10-9-13-14(11-25-16(13)17(21)20)15(22)12-7-5-4-6-8-12/h4-8,11,17H,9-10,20H2,1-3H3. The van der Waals surface area contributed by atoms with E-state index in [2.05, 4.69) is 0 Å². The number of hydrogen-bond acceptors (Lipinski definition) is 5. The first-order valence-electron chi connectivity index (χ1n) is 8.23. The van der Waals surface area contributed by atoms with Gasteiger partial charge in [-0.15, -0.1) is 11.3 Å². The number of nitrogens with zero attached hydrogens (tertiary/aromatic N) is 1. The second kappa shape index (κ2) is 6.61. The molecular formula is C19H22N2O3S. The predicted molar refractivity (Wildman–Crippen MR) is 97.8 cm³/mol. The lowest BCUT2D eigenvalue weighted by Crippen LogP contribution is -2.45. The number of carbonyl (C=O) groups excluding carboxylic acids is 2. The maximum Gasteiger partial charge on any atom is 0.411 e. The van der Waals surface area contributed by atoms with Crippen LogP contribution in [0.25, 0.3) is 0 Å². The van der Waals surface area contributed by atoms with Gasteiger partial charge in [-0.05, 0) is 32.8 Å². The Morgan fingerprint density at radius 1 is 1.24 bits per heavy atom. The van der Waals surface area contributed by atoms with E-state index in [4.69, 9.17) is 10.5 Å². The van der Waals surface area contributed by atoms with Crippen molar-refractivity contribution in [1.82, 2.24) is 4.90 Å². The van der Waals surface area contributed by atoms with Gasteiger partial charge in [0.2, 0.25) is 0 Å². The Morgan fingerprint density at radius 3 is 2.56 bits per heavy atom. The van der Waals surface area contributed by atoms with E-state index in [0.29, 0.717) is 24.1 Å². The van der Waals surface area contributed by atoms with Crippen molar-refractivity contribution in [1.29, 1.82) is 0 Å². The number of ketones is 1. The van der Waals surface area contributed by atoms with Crippen LogP contribution in [-0.2, 0) is 11.2 Å². The molecule has 2 heterocycles. The Kier molecular flexibility index (Phi) is 4.67. The minimum absolute atomic E-state index is 0.00369. The van der Waals surface area contributed by atoms with Gasteiger partial charge in [0.25, 0.3) is 0 Å². The zero-order valence-corrected chi connectivity index (χ0v) is 15.4. The molecule has 1 aromatic heterocycles. The third kappa shape index (κ3) is 3.60. The number of amides is 1. The second-order valence-corrected chi connectivity index (χ2v) is 7.97. The Bertz CT molecular complexity index is 793. The Labute approximate surface area is 151 Å². The van der Waals surface area contributed by atoms with E-state index in [1.807, 2.05) is 56.5 Å². The SMILES string of the molecule is CC(C)(C)OC(=O)N1CCc2c(C(=O)c3ccccc3)csc2C1N. The zero-order chi connectivity index (χ0) is 18.2. The molecule has 2 N–H and O–H groups in total. The highest BCUT2D eigenvalue weighted by atomic mass is 32.1. The van der Waals surface area contributed by atoms with Gasteiger partial charge >= 0.3 is 6.09 Å². The molecule has 1 aromatic carbocycles. The summed E-state index contributed by atoms with van der Waals surface area (Å²) in [6.07, 6.45) is -0.407. The van der Waals surface area contributed by atoms with Crippen LogP contribution in [0.3, 0.4) is 0 Å². The first-order valence-corrected chi connectivity index (χ1v) is 9.11. The molecule has 1 unspecified atom stereocenters. The minimum atomic E-state index is -0.582. The number of fused-ring (bicyclic) bond motifs is 1. The molecule has 132 valence electrons. The predicted octanol–water partition coefficient (Wildman–Crippen LogP) is 3.73. The highest BCUT2D eigenvalue weighted by Crippen LogP contribution is 2.35. The Balaban J connectivity index is 1.85. The maximum atomic E-state index is 12.7. The molecule has 1 aliphatic rings. The summed E-state index contributed by atoms with van der Waals surface area (Å²) in [5.74, 6) is -0.00369. The van der Waals surface area contributed by atoms with Gasteiger partial charge in [0, 0.05) is 27.9 Å². The van der Waals surface area contributed by atoms with Crippen molar-refractivity contribution < 1.29 is 14.3 Å². The molecule has 1 amide bonds. The van der Waals surface area contributed by atoms with Gasteiger partial charge in [0.05, 0.1) is 0 Å². The molecule has 1 aliphatic heterocycles. The summed E-state index contributed by atoms with van der Waals surface area (Å²) >= 11 is 1.43. The van der Waals surface area contributed by atoms with Crippen molar-refractivity contribution in [3.05, 3.63) is 57.3 Å². The van der Waals surface area contributed by atoms with Gasteiger partial charge in [-0.1, -0.05) is 30.3 Å². The summed E-state index contributed by atoms with van der Waals surface area (Å²) in [5, 5.41) is 1.85. The molecule has 1 atom stereocenters. The van der Waals surface area contributed by atoms with Crippen LogP contribution in [0.2, 0.25) is 0 Å². The lowest BCUT2D eigenvalue weighted by Gasteiger charge is -2.34. The summed E-state index contributed by atoms with van der Waals surface area (Å²) in [6.45, 7) is 5.92. The number of hydrogen-bond donors (Lipinski definition) is 1. The molecule has 3 rings (SSSR count). The van der Waals surface area contributed by atoms with Crippen LogP contribution in [0, 0.1) is 0 Å². The third-order valence-electron chi connectivity index (χ3n) is 4.04. The van der Waals surface area contributed by atoms with E-state index in [0.717, 1.165) is 10.4 Å². The van der Waals surface area contributed by atoms with Gasteiger partial charge in [0.1, 0.15) is 11.8 Å². The molecule has 2 aromatic rings. The summed E-state index contributed by atoms with van der Waals surface area (Å²) in [4.78, 5) is 27.5.